The molecule has 0 aliphatic carbocycles. The van der Waals surface area contributed by atoms with Crippen molar-refractivity contribution in [2.75, 3.05) is 0 Å². The number of fused-ring (bicyclic) bond motifs is 1. The minimum absolute atomic E-state index is 0.0860. The SMILES string of the molecule is Cc1c(C(=O)NC(C)C(C)C)sc2ncn(C)c(=O)c12. The molecule has 1 atom stereocenters. The van der Waals surface area contributed by atoms with Gasteiger partial charge in [0.15, 0.2) is 0 Å². The molecule has 0 fully saturated rings. The smallest absolute Gasteiger partial charge is 0.262 e. The Hall–Kier alpha value is -1.69. The van der Waals surface area contributed by atoms with Crippen LogP contribution in [0.15, 0.2) is 11.1 Å². The van der Waals surface area contributed by atoms with Crippen LogP contribution in [0.1, 0.15) is 36.0 Å². The molecule has 5 nitrogen and oxygen atoms in total. The lowest BCUT2D eigenvalue weighted by Crippen LogP contribution is -2.36. The maximum absolute atomic E-state index is 12.3. The average Bonchev–Trinajstić information content (AvgIpc) is 2.71. The summed E-state index contributed by atoms with van der Waals surface area (Å²) in [4.78, 5) is 29.8. The zero-order valence-corrected chi connectivity index (χ0v) is 13.2. The van der Waals surface area contributed by atoms with Gasteiger partial charge in [-0.15, -0.1) is 11.3 Å². The van der Waals surface area contributed by atoms with Gasteiger partial charge in [0.1, 0.15) is 4.83 Å². The molecule has 0 saturated heterocycles. The first-order valence-corrected chi connectivity index (χ1v) is 7.40. The molecule has 2 heterocycles. The molecule has 6 heteroatoms. The first-order chi connectivity index (χ1) is 9.32. The molecule has 0 saturated carbocycles. The monoisotopic (exact) mass is 293 g/mol. The lowest BCUT2D eigenvalue weighted by molar-refractivity contribution is 0.0934. The molecule has 20 heavy (non-hydrogen) atoms. The molecule has 0 radical (unpaired) electrons. The van der Waals surface area contributed by atoms with Gasteiger partial charge < -0.3 is 9.88 Å². The van der Waals surface area contributed by atoms with E-state index in [-0.39, 0.29) is 17.5 Å². The standard InChI is InChI=1S/C14H19N3O2S/c1-7(2)9(4)16-12(18)11-8(3)10-13(20-11)15-6-17(5)14(10)19/h6-7,9H,1-5H3,(H,16,18). The lowest BCUT2D eigenvalue weighted by atomic mass is 10.1. The normalized spacial score (nSPS) is 12.9. The summed E-state index contributed by atoms with van der Waals surface area (Å²) < 4.78 is 1.43. The molecule has 1 amide bonds. The highest BCUT2D eigenvalue weighted by Gasteiger charge is 2.20. The Balaban J connectivity index is 2.46. The minimum Gasteiger partial charge on any atom is -0.349 e. The molecule has 2 aromatic rings. The van der Waals surface area contributed by atoms with E-state index in [4.69, 9.17) is 0 Å². The van der Waals surface area contributed by atoms with Gasteiger partial charge in [-0.3, -0.25) is 9.59 Å². The maximum atomic E-state index is 12.3. The summed E-state index contributed by atoms with van der Waals surface area (Å²) in [6.07, 6.45) is 1.49. The fourth-order valence-electron chi connectivity index (χ4n) is 1.86. The summed E-state index contributed by atoms with van der Waals surface area (Å²) in [7, 11) is 1.66. The van der Waals surface area contributed by atoms with Crippen LogP contribution in [0.3, 0.4) is 0 Å². The van der Waals surface area contributed by atoms with Crippen molar-refractivity contribution >= 4 is 27.5 Å². The Labute approximate surface area is 121 Å². The Morgan fingerprint density at radius 2 is 2.05 bits per heavy atom. The number of aryl methyl sites for hydroxylation is 2. The third-order valence-electron chi connectivity index (χ3n) is 3.58. The molecule has 0 aliphatic rings. The van der Waals surface area contributed by atoms with E-state index in [1.807, 2.05) is 6.92 Å². The van der Waals surface area contributed by atoms with Gasteiger partial charge in [0.25, 0.3) is 11.5 Å². The molecule has 1 unspecified atom stereocenters. The van der Waals surface area contributed by atoms with Crippen molar-refractivity contribution in [2.24, 2.45) is 13.0 Å². The summed E-state index contributed by atoms with van der Waals surface area (Å²) in [5, 5.41) is 3.51. The molecular formula is C14H19N3O2S. The highest BCUT2D eigenvalue weighted by molar-refractivity contribution is 7.20. The first kappa shape index (κ1) is 14.7. The van der Waals surface area contributed by atoms with Gasteiger partial charge in [0, 0.05) is 13.1 Å². The Morgan fingerprint density at radius 1 is 1.40 bits per heavy atom. The van der Waals surface area contributed by atoms with Crippen LogP contribution in [-0.2, 0) is 7.05 Å². The van der Waals surface area contributed by atoms with E-state index < -0.39 is 0 Å². The minimum atomic E-state index is -0.131. The van der Waals surface area contributed by atoms with Crippen molar-refractivity contribution in [1.82, 2.24) is 14.9 Å². The van der Waals surface area contributed by atoms with Gasteiger partial charge in [0.2, 0.25) is 0 Å². The van der Waals surface area contributed by atoms with Crippen molar-refractivity contribution in [3.8, 4) is 0 Å². The third-order valence-corrected chi connectivity index (χ3v) is 4.77. The number of rotatable bonds is 3. The second-order valence-electron chi connectivity index (χ2n) is 5.40. The molecule has 0 bridgehead atoms. The number of thiophene rings is 1. The topological polar surface area (TPSA) is 64.0 Å². The third kappa shape index (κ3) is 2.47. The number of nitrogens with zero attached hydrogens (tertiary/aromatic N) is 2. The number of aromatic nitrogens is 2. The van der Waals surface area contributed by atoms with Crippen LogP contribution in [-0.4, -0.2) is 21.5 Å². The fourth-order valence-corrected chi connectivity index (χ4v) is 2.91. The summed E-state index contributed by atoms with van der Waals surface area (Å²) in [6.45, 7) is 7.89. The van der Waals surface area contributed by atoms with Gasteiger partial charge in [-0.25, -0.2) is 4.98 Å². The molecule has 108 valence electrons. The summed E-state index contributed by atoms with van der Waals surface area (Å²) in [5.74, 6) is 0.230. The molecule has 2 rings (SSSR count). The van der Waals surface area contributed by atoms with Crippen LogP contribution in [0, 0.1) is 12.8 Å². The second kappa shape index (κ2) is 5.36. The summed E-state index contributed by atoms with van der Waals surface area (Å²) in [5.41, 5.74) is 0.604. The van der Waals surface area contributed by atoms with Gasteiger partial charge in [-0.1, -0.05) is 13.8 Å². The first-order valence-electron chi connectivity index (χ1n) is 6.58. The van der Waals surface area contributed by atoms with Gasteiger partial charge in [-0.05, 0) is 25.3 Å². The van der Waals surface area contributed by atoms with E-state index in [2.05, 4.69) is 24.1 Å². The van der Waals surface area contributed by atoms with E-state index in [1.165, 1.54) is 22.2 Å². The van der Waals surface area contributed by atoms with E-state index in [1.54, 1.807) is 14.0 Å². The van der Waals surface area contributed by atoms with Crippen LogP contribution in [0.2, 0.25) is 0 Å². The Kier molecular flexibility index (Phi) is 3.94. The number of hydrogen-bond acceptors (Lipinski definition) is 4. The molecule has 0 spiro atoms. The number of hydrogen-bond donors (Lipinski definition) is 1. The van der Waals surface area contributed by atoms with Gasteiger partial charge in [-0.2, -0.15) is 0 Å². The van der Waals surface area contributed by atoms with Crippen LogP contribution >= 0.6 is 11.3 Å². The van der Waals surface area contributed by atoms with E-state index in [0.717, 1.165) is 0 Å². The maximum Gasteiger partial charge on any atom is 0.262 e. The quantitative estimate of drug-likeness (QED) is 0.942. The van der Waals surface area contributed by atoms with Crippen molar-refractivity contribution < 1.29 is 4.79 Å². The molecule has 0 aromatic carbocycles. The van der Waals surface area contributed by atoms with Crippen LogP contribution < -0.4 is 10.9 Å². The molecular weight excluding hydrogens is 274 g/mol. The van der Waals surface area contributed by atoms with Crippen molar-refractivity contribution in [3.05, 3.63) is 27.1 Å². The van der Waals surface area contributed by atoms with Crippen LogP contribution in [0.25, 0.3) is 10.2 Å². The number of amides is 1. The van der Waals surface area contributed by atoms with Crippen molar-refractivity contribution in [2.45, 2.75) is 33.7 Å². The van der Waals surface area contributed by atoms with E-state index >= 15 is 0 Å². The van der Waals surface area contributed by atoms with Crippen LogP contribution in [0.5, 0.6) is 0 Å². The Bertz CT molecular complexity index is 715. The van der Waals surface area contributed by atoms with E-state index in [0.29, 0.717) is 26.6 Å². The molecule has 2 aromatic heterocycles. The van der Waals surface area contributed by atoms with Gasteiger partial charge >= 0.3 is 0 Å². The molecule has 0 aliphatic heterocycles. The number of nitrogens with one attached hydrogen (secondary N) is 1. The highest BCUT2D eigenvalue weighted by Crippen LogP contribution is 2.26. The summed E-state index contributed by atoms with van der Waals surface area (Å²) in [6, 6.07) is 0.0860. The zero-order chi connectivity index (χ0) is 15.0. The predicted molar refractivity (Wildman–Crippen MR) is 81.4 cm³/mol. The largest absolute Gasteiger partial charge is 0.349 e. The van der Waals surface area contributed by atoms with E-state index in [9.17, 15) is 9.59 Å². The predicted octanol–water partition coefficient (Wildman–Crippen LogP) is 2.08. The average molecular weight is 293 g/mol. The van der Waals surface area contributed by atoms with Crippen LogP contribution in [0.4, 0.5) is 0 Å². The highest BCUT2D eigenvalue weighted by atomic mass is 32.1. The Morgan fingerprint density at radius 3 is 2.65 bits per heavy atom. The summed E-state index contributed by atoms with van der Waals surface area (Å²) >= 11 is 1.27. The van der Waals surface area contributed by atoms with Gasteiger partial charge in [0.05, 0.1) is 16.6 Å². The number of carbonyl (C=O) groups excluding carboxylic acids is 1. The molecule has 1 N–H and O–H groups in total. The zero-order valence-electron chi connectivity index (χ0n) is 12.4. The van der Waals surface area contributed by atoms with Crippen molar-refractivity contribution in [3.63, 3.8) is 0 Å². The lowest BCUT2D eigenvalue weighted by Gasteiger charge is -2.16. The van der Waals surface area contributed by atoms with Crippen molar-refractivity contribution in [1.29, 1.82) is 0 Å². The number of carbonyl (C=O) groups is 1. The second-order valence-corrected chi connectivity index (χ2v) is 6.40. The fraction of sp³-hybridized carbons (Fsp3) is 0.500.